The van der Waals surface area contributed by atoms with Gasteiger partial charge in [0.2, 0.25) is 0 Å². The number of nitroso groups, excluding NO2 is 1. The molecule has 0 saturated heterocycles. The maximum absolute atomic E-state index is 9.59. The van der Waals surface area contributed by atoms with Crippen molar-refractivity contribution >= 4 is 0 Å². The predicted molar refractivity (Wildman–Crippen MR) is 32.1 cm³/mol. The van der Waals surface area contributed by atoms with Crippen molar-refractivity contribution in [3.63, 3.8) is 0 Å². The molecule has 0 heterocycles. The Morgan fingerprint density at radius 2 is 2.25 bits per heavy atom. The minimum Gasteiger partial charge on any atom is -0.330 e. The zero-order chi connectivity index (χ0) is 6.41. The predicted octanol–water partition coefficient (Wildman–Crippen LogP) is -0.223. The fourth-order valence-corrected chi connectivity index (χ4v) is 0.380. The molecule has 0 aliphatic carbocycles. The van der Waals surface area contributed by atoms with E-state index >= 15 is 0 Å². The molecule has 0 aromatic carbocycles. The summed E-state index contributed by atoms with van der Waals surface area (Å²) in [7, 11) is 0. The Morgan fingerprint density at radius 3 is 2.62 bits per heavy atom. The van der Waals surface area contributed by atoms with E-state index in [4.69, 9.17) is 11.5 Å². The van der Waals surface area contributed by atoms with Gasteiger partial charge in [0.15, 0.2) is 0 Å². The molecular formula is C4H11N3O. The highest BCUT2D eigenvalue weighted by Gasteiger charge is 1.96. The second-order valence-corrected chi connectivity index (χ2v) is 1.60. The van der Waals surface area contributed by atoms with Crippen molar-refractivity contribution in [3.8, 4) is 0 Å². The van der Waals surface area contributed by atoms with Crippen molar-refractivity contribution < 1.29 is 0 Å². The first kappa shape index (κ1) is 7.52. The topological polar surface area (TPSA) is 81.5 Å². The monoisotopic (exact) mass is 117 g/mol. The van der Waals surface area contributed by atoms with Gasteiger partial charge in [-0.05, 0) is 19.4 Å². The van der Waals surface area contributed by atoms with Gasteiger partial charge in [-0.3, -0.25) is 0 Å². The quantitative estimate of drug-likeness (QED) is 0.499. The van der Waals surface area contributed by atoms with Crippen LogP contribution in [-0.4, -0.2) is 12.7 Å². The summed E-state index contributed by atoms with van der Waals surface area (Å²) in [6.45, 7) is 0.573. The van der Waals surface area contributed by atoms with Gasteiger partial charge in [-0.1, -0.05) is 5.18 Å². The molecule has 0 spiro atoms. The first-order valence-corrected chi connectivity index (χ1v) is 2.59. The van der Waals surface area contributed by atoms with Gasteiger partial charge in [-0.15, -0.1) is 4.91 Å². The minimum atomic E-state index is -0.557. The van der Waals surface area contributed by atoms with Crippen molar-refractivity contribution in [1.29, 1.82) is 0 Å². The Hall–Kier alpha value is -0.480. The van der Waals surface area contributed by atoms with Crippen LogP contribution in [0, 0.1) is 4.91 Å². The molecule has 4 heteroatoms. The van der Waals surface area contributed by atoms with Gasteiger partial charge in [0.05, 0.1) is 0 Å². The van der Waals surface area contributed by atoms with Crippen LogP contribution in [0.2, 0.25) is 0 Å². The Kier molecular flexibility index (Phi) is 4.39. The van der Waals surface area contributed by atoms with Crippen LogP contribution in [0.4, 0.5) is 0 Å². The number of hydrogen-bond acceptors (Lipinski definition) is 4. The van der Waals surface area contributed by atoms with E-state index in [9.17, 15) is 4.91 Å². The van der Waals surface area contributed by atoms with Crippen molar-refractivity contribution in [1.82, 2.24) is 0 Å². The average Bonchev–Trinajstić information content (AvgIpc) is 1.83. The van der Waals surface area contributed by atoms with Gasteiger partial charge >= 0.3 is 0 Å². The normalized spacial score (nSPS) is 13.2. The lowest BCUT2D eigenvalue weighted by Gasteiger charge is -1.97. The van der Waals surface area contributed by atoms with Crippen LogP contribution in [0.5, 0.6) is 0 Å². The van der Waals surface area contributed by atoms with Crippen molar-refractivity contribution in [2.75, 3.05) is 6.54 Å². The SMILES string of the molecule is NCCC[C@@H](N)N=O. The second-order valence-electron chi connectivity index (χ2n) is 1.60. The Morgan fingerprint density at radius 1 is 1.62 bits per heavy atom. The summed E-state index contributed by atoms with van der Waals surface area (Å²) in [5, 5.41) is 2.60. The van der Waals surface area contributed by atoms with E-state index in [2.05, 4.69) is 5.18 Å². The largest absolute Gasteiger partial charge is 0.330 e. The molecular weight excluding hydrogens is 106 g/mol. The molecule has 8 heavy (non-hydrogen) atoms. The van der Waals surface area contributed by atoms with E-state index in [-0.39, 0.29) is 0 Å². The summed E-state index contributed by atoms with van der Waals surface area (Å²) < 4.78 is 0. The van der Waals surface area contributed by atoms with Crippen molar-refractivity contribution in [2.24, 2.45) is 16.6 Å². The van der Waals surface area contributed by atoms with E-state index in [1.54, 1.807) is 0 Å². The Balaban J connectivity index is 2.98. The fourth-order valence-electron chi connectivity index (χ4n) is 0.380. The zero-order valence-electron chi connectivity index (χ0n) is 4.71. The van der Waals surface area contributed by atoms with Gasteiger partial charge in [0.1, 0.15) is 6.17 Å². The smallest absolute Gasteiger partial charge is 0.139 e. The first-order valence-electron chi connectivity index (χ1n) is 2.59. The Labute approximate surface area is 48.2 Å². The van der Waals surface area contributed by atoms with E-state index in [1.165, 1.54) is 0 Å². The second kappa shape index (κ2) is 4.67. The third kappa shape index (κ3) is 3.70. The molecule has 0 fully saturated rings. The number of hydrogen-bond donors (Lipinski definition) is 2. The highest BCUT2D eigenvalue weighted by Crippen LogP contribution is 1.91. The third-order valence-corrected chi connectivity index (χ3v) is 0.839. The van der Waals surface area contributed by atoms with Gasteiger partial charge in [0, 0.05) is 0 Å². The standard InChI is InChI=1S/C4H11N3O/c5-3-1-2-4(6)7-8/h4H,1-3,5-6H2/t4-/m0/s1. The van der Waals surface area contributed by atoms with E-state index in [1.807, 2.05) is 0 Å². The van der Waals surface area contributed by atoms with Crippen LogP contribution in [0.1, 0.15) is 12.8 Å². The molecule has 0 rings (SSSR count). The molecule has 0 aliphatic heterocycles. The molecule has 0 bridgehead atoms. The van der Waals surface area contributed by atoms with Crippen LogP contribution in [0.25, 0.3) is 0 Å². The van der Waals surface area contributed by atoms with Crippen LogP contribution in [0.15, 0.2) is 5.18 Å². The molecule has 0 aromatic heterocycles. The van der Waals surface area contributed by atoms with E-state index < -0.39 is 6.17 Å². The maximum Gasteiger partial charge on any atom is 0.139 e. The molecule has 4 N–H and O–H groups in total. The summed E-state index contributed by atoms with van der Waals surface area (Å²) >= 11 is 0. The highest BCUT2D eigenvalue weighted by atomic mass is 16.3. The summed E-state index contributed by atoms with van der Waals surface area (Å²) in [4.78, 5) is 9.59. The number of nitrogens with zero attached hydrogens (tertiary/aromatic N) is 1. The van der Waals surface area contributed by atoms with Gasteiger partial charge in [-0.25, -0.2) is 0 Å². The first-order chi connectivity index (χ1) is 3.81. The van der Waals surface area contributed by atoms with Crippen LogP contribution < -0.4 is 11.5 Å². The van der Waals surface area contributed by atoms with Crippen LogP contribution in [-0.2, 0) is 0 Å². The molecule has 4 nitrogen and oxygen atoms in total. The van der Waals surface area contributed by atoms with Crippen molar-refractivity contribution in [2.45, 2.75) is 19.0 Å². The van der Waals surface area contributed by atoms with E-state index in [0.29, 0.717) is 13.0 Å². The maximum atomic E-state index is 9.59. The van der Waals surface area contributed by atoms with Gasteiger partial charge in [0.25, 0.3) is 0 Å². The van der Waals surface area contributed by atoms with Gasteiger partial charge < -0.3 is 11.5 Å². The lowest BCUT2D eigenvalue weighted by Crippen LogP contribution is -2.17. The van der Waals surface area contributed by atoms with Crippen LogP contribution in [0.3, 0.4) is 0 Å². The lowest BCUT2D eigenvalue weighted by molar-refractivity contribution is 0.607. The average molecular weight is 117 g/mol. The summed E-state index contributed by atoms with van der Waals surface area (Å²) in [5.41, 5.74) is 10.3. The summed E-state index contributed by atoms with van der Waals surface area (Å²) in [6.07, 6.45) is 0.811. The summed E-state index contributed by atoms with van der Waals surface area (Å²) in [6, 6.07) is 0. The lowest BCUT2D eigenvalue weighted by atomic mass is 10.3. The number of nitrogens with two attached hydrogens (primary N) is 2. The zero-order valence-corrected chi connectivity index (χ0v) is 4.71. The van der Waals surface area contributed by atoms with Crippen LogP contribution >= 0.6 is 0 Å². The third-order valence-electron chi connectivity index (χ3n) is 0.839. The molecule has 0 unspecified atom stereocenters. The van der Waals surface area contributed by atoms with E-state index in [0.717, 1.165) is 6.42 Å². The summed E-state index contributed by atoms with van der Waals surface area (Å²) in [5.74, 6) is 0. The Bertz CT molecular complexity index is 66.3. The molecule has 0 aliphatic rings. The minimum absolute atomic E-state index is 0.557. The number of rotatable bonds is 4. The molecule has 0 radical (unpaired) electrons. The molecule has 0 aromatic rings. The molecule has 48 valence electrons. The molecule has 0 saturated carbocycles. The fraction of sp³-hybridized carbons (Fsp3) is 1.00. The van der Waals surface area contributed by atoms with Crippen molar-refractivity contribution in [3.05, 3.63) is 4.91 Å². The van der Waals surface area contributed by atoms with Gasteiger partial charge in [-0.2, -0.15) is 0 Å². The highest BCUT2D eigenvalue weighted by molar-refractivity contribution is 4.55. The molecule has 0 amide bonds. The molecule has 1 atom stereocenters.